The van der Waals surface area contributed by atoms with Crippen molar-refractivity contribution in [3.05, 3.63) is 23.7 Å². The van der Waals surface area contributed by atoms with Crippen LogP contribution >= 0.6 is 0 Å². The molecule has 184 valence electrons. The van der Waals surface area contributed by atoms with Crippen LogP contribution in [0.25, 0.3) is 0 Å². The first-order valence-corrected chi connectivity index (χ1v) is 13.0. The Labute approximate surface area is 198 Å². The molecule has 0 aromatic carbocycles. The number of hydrogen-bond acceptors (Lipinski definition) is 9. The Morgan fingerprint density at radius 2 is 2.00 bits per heavy atom. The standard InChI is InChI=1S/C24H28O9S/c1-5-6-17-14(8-10-31-17)18-11-15-13(22(26)32-18)7-9-24(2)16(23(27)30-3)12-19(21(25)20(15)24)33-34(4,28)29/h8,10,13,15-16,18-20H,7,9,11-12H2,1-4H3. The summed E-state index contributed by atoms with van der Waals surface area (Å²) in [5.74, 6) is 2.12. The van der Waals surface area contributed by atoms with Crippen molar-refractivity contribution in [2.75, 3.05) is 13.4 Å². The van der Waals surface area contributed by atoms with Crippen molar-refractivity contribution in [1.29, 1.82) is 0 Å². The molecule has 2 aliphatic carbocycles. The number of Topliss-reactive ketones (excluding diaryl/α,β-unsaturated/α-hetero) is 1. The van der Waals surface area contributed by atoms with Crippen molar-refractivity contribution in [3.8, 4) is 11.8 Å². The van der Waals surface area contributed by atoms with E-state index in [1.807, 2.05) is 6.92 Å². The molecule has 0 radical (unpaired) electrons. The van der Waals surface area contributed by atoms with Gasteiger partial charge in [0.1, 0.15) is 12.2 Å². The second-order valence-corrected chi connectivity index (χ2v) is 11.1. The van der Waals surface area contributed by atoms with Crippen LogP contribution in [-0.2, 0) is 38.2 Å². The van der Waals surface area contributed by atoms with E-state index in [-0.39, 0.29) is 6.42 Å². The number of cyclic esters (lactones) is 1. The van der Waals surface area contributed by atoms with Gasteiger partial charge in [0.15, 0.2) is 11.5 Å². The summed E-state index contributed by atoms with van der Waals surface area (Å²) in [7, 11) is -2.70. The van der Waals surface area contributed by atoms with Gasteiger partial charge < -0.3 is 13.9 Å². The maximum absolute atomic E-state index is 13.7. The van der Waals surface area contributed by atoms with E-state index in [0.29, 0.717) is 30.6 Å². The van der Waals surface area contributed by atoms with Crippen LogP contribution in [-0.4, -0.2) is 45.6 Å². The van der Waals surface area contributed by atoms with E-state index in [9.17, 15) is 22.8 Å². The largest absolute Gasteiger partial charge is 0.469 e. The Kier molecular flexibility index (Phi) is 6.38. The van der Waals surface area contributed by atoms with Crippen LogP contribution in [0.2, 0.25) is 0 Å². The number of fused-ring (bicyclic) bond motifs is 3. The van der Waals surface area contributed by atoms with Crippen LogP contribution in [0.5, 0.6) is 0 Å². The fraction of sp³-hybridized carbons (Fsp3) is 0.625. The van der Waals surface area contributed by atoms with Gasteiger partial charge in [0.05, 0.1) is 31.5 Å². The molecule has 2 saturated carbocycles. The molecule has 0 amide bonds. The van der Waals surface area contributed by atoms with Gasteiger partial charge in [0.2, 0.25) is 0 Å². The summed E-state index contributed by atoms with van der Waals surface area (Å²) < 4.78 is 45.1. The maximum atomic E-state index is 13.7. The summed E-state index contributed by atoms with van der Waals surface area (Å²) in [4.78, 5) is 39.5. The minimum absolute atomic E-state index is 0.0885. The lowest BCUT2D eigenvalue weighted by atomic mass is 9.48. The van der Waals surface area contributed by atoms with Gasteiger partial charge in [-0.3, -0.25) is 18.6 Å². The van der Waals surface area contributed by atoms with Gasteiger partial charge in [0.25, 0.3) is 10.1 Å². The molecule has 1 saturated heterocycles. The number of esters is 2. The lowest BCUT2D eigenvalue weighted by Gasteiger charge is -2.56. The van der Waals surface area contributed by atoms with Gasteiger partial charge in [-0.1, -0.05) is 12.8 Å². The lowest BCUT2D eigenvalue weighted by Crippen LogP contribution is -2.61. The molecule has 3 fully saturated rings. The van der Waals surface area contributed by atoms with Gasteiger partial charge in [0, 0.05) is 11.5 Å². The number of furan rings is 1. The van der Waals surface area contributed by atoms with E-state index in [2.05, 4.69) is 11.8 Å². The number of methoxy groups -OCH3 is 1. The summed E-state index contributed by atoms with van der Waals surface area (Å²) >= 11 is 0. The quantitative estimate of drug-likeness (QED) is 0.354. The topological polar surface area (TPSA) is 126 Å². The fourth-order valence-corrected chi connectivity index (χ4v) is 6.78. The van der Waals surface area contributed by atoms with Crippen LogP contribution in [0.1, 0.15) is 57.0 Å². The molecule has 7 unspecified atom stereocenters. The average Bonchev–Trinajstić information content (AvgIpc) is 3.22. The molecule has 4 rings (SSSR count). The van der Waals surface area contributed by atoms with Crippen LogP contribution in [0.15, 0.2) is 16.7 Å². The SMILES string of the molecule is CC#Cc1occc1C1CC2C(CCC3(C)C(C(=O)OC)CC(OS(C)(=O)=O)C(=O)C23)C(=O)O1. The zero-order valence-corrected chi connectivity index (χ0v) is 20.3. The Balaban J connectivity index is 1.76. The van der Waals surface area contributed by atoms with E-state index in [4.69, 9.17) is 18.1 Å². The highest BCUT2D eigenvalue weighted by Gasteiger charge is 2.63. The van der Waals surface area contributed by atoms with E-state index >= 15 is 0 Å². The molecule has 9 nitrogen and oxygen atoms in total. The van der Waals surface area contributed by atoms with Crippen LogP contribution in [0.3, 0.4) is 0 Å². The number of ketones is 1. The summed E-state index contributed by atoms with van der Waals surface area (Å²) in [5, 5.41) is 0. The normalized spacial score (nSPS) is 35.3. The van der Waals surface area contributed by atoms with E-state index in [1.165, 1.54) is 13.4 Å². The minimum Gasteiger partial charge on any atom is -0.469 e. The summed E-state index contributed by atoms with van der Waals surface area (Å²) in [5.41, 5.74) is -0.196. The van der Waals surface area contributed by atoms with E-state index in [0.717, 1.165) is 6.26 Å². The first-order chi connectivity index (χ1) is 16.0. The molecule has 1 aromatic rings. The van der Waals surface area contributed by atoms with Crippen LogP contribution in [0, 0.1) is 40.9 Å². The first-order valence-electron chi connectivity index (χ1n) is 11.2. The molecular weight excluding hydrogens is 464 g/mol. The molecule has 0 spiro atoms. The first kappa shape index (κ1) is 24.5. The third kappa shape index (κ3) is 4.16. The predicted octanol–water partition coefficient (Wildman–Crippen LogP) is 2.39. The molecule has 1 aromatic heterocycles. The predicted molar refractivity (Wildman–Crippen MR) is 117 cm³/mol. The van der Waals surface area contributed by atoms with Crippen molar-refractivity contribution in [3.63, 3.8) is 0 Å². The Bertz CT molecular complexity index is 1170. The lowest BCUT2D eigenvalue weighted by molar-refractivity contribution is -0.189. The Morgan fingerprint density at radius 1 is 1.26 bits per heavy atom. The molecule has 0 bridgehead atoms. The summed E-state index contributed by atoms with van der Waals surface area (Å²) in [6, 6.07) is 1.69. The van der Waals surface area contributed by atoms with Crippen molar-refractivity contribution in [1.82, 2.24) is 0 Å². The van der Waals surface area contributed by atoms with Crippen molar-refractivity contribution >= 4 is 27.8 Å². The number of rotatable bonds is 4. The molecule has 3 aliphatic rings. The van der Waals surface area contributed by atoms with E-state index in [1.54, 1.807) is 13.0 Å². The van der Waals surface area contributed by atoms with Crippen molar-refractivity contribution < 1.29 is 40.9 Å². The number of hydrogen-bond donors (Lipinski definition) is 0. The fourth-order valence-electron chi connectivity index (χ4n) is 6.18. The van der Waals surface area contributed by atoms with Gasteiger partial charge in [-0.25, -0.2) is 0 Å². The minimum atomic E-state index is -3.96. The number of ether oxygens (including phenoxy) is 2. The molecular formula is C24H28O9S. The average molecular weight is 493 g/mol. The zero-order valence-electron chi connectivity index (χ0n) is 19.5. The van der Waals surface area contributed by atoms with Gasteiger partial charge >= 0.3 is 11.9 Å². The number of carbonyl (C=O) groups excluding carboxylic acids is 3. The third-order valence-electron chi connectivity index (χ3n) is 7.62. The third-order valence-corrected chi connectivity index (χ3v) is 8.21. The second-order valence-electron chi connectivity index (χ2n) is 9.54. The summed E-state index contributed by atoms with van der Waals surface area (Å²) in [6.45, 7) is 3.52. The maximum Gasteiger partial charge on any atom is 0.309 e. The second kappa shape index (κ2) is 8.86. The molecule has 2 heterocycles. The van der Waals surface area contributed by atoms with Crippen molar-refractivity contribution in [2.45, 2.75) is 51.7 Å². The zero-order chi connectivity index (χ0) is 24.8. The highest BCUT2D eigenvalue weighted by atomic mass is 32.2. The molecule has 7 atom stereocenters. The number of carbonyl (C=O) groups is 3. The molecule has 1 aliphatic heterocycles. The smallest absolute Gasteiger partial charge is 0.309 e. The van der Waals surface area contributed by atoms with Gasteiger partial charge in [-0.05, 0) is 55.9 Å². The highest BCUT2D eigenvalue weighted by Crippen LogP contribution is 2.59. The Hall–Kier alpha value is -2.64. The van der Waals surface area contributed by atoms with Crippen LogP contribution < -0.4 is 0 Å². The van der Waals surface area contributed by atoms with Crippen LogP contribution in [0.4, 0.5) is 0 Å². The molecule has 10 heteroatoms. The molecule has 0 N–H and O–H groups in total. The highest BCUT2D eigenvalue weighted by molar-refractivity contribution is 7.86. The van der Waals surface area contributed by atoms with Gasteiger partial charge in [-0.2, -0.15) is 8.42 Å². The van der Waals surface area contributed by atoms with Crippen molar-refractivity contribution in [2.24, 2.45) is 29.1 Å². The molecule has 34 heavy (non-hydrogen) atoms. The summed E-state index contributed by atoms with van der Waals surface area (Å²) in [6.07, 6.45) is 1.45. The van der Waals surface area contributed by atoms with E-state index < -0.39 is 69.1 Å². The van der Waals surface area contributed by atoms with Gasteiger partial charge in [-0.15, -0.1) is 0 Å². The monoisotopic (exact) mass is 492 g/mol. The Morgan fingerprint density at radius 3 is 2.65 bits per heavy atom.